The van der Waals surface area contributed by atoms with Gasteiger partial charge in [0.1, 0.15) is 5.60 Å². The van der Waals surface area contributed by atoms with Crippen LogP contribution in [0, 0.1) is 5.92 Å². The molecular formula is C9H14O2. The van der Waals surface area contributed by atoms with Crippen molar-refractivity contribution in [2.75, 3.05) is 0 Å². The third kappa shape index (κ3) is 1.44. The van der Waals surface area contributed by atoms with Crippen LogP contribution in [0.3, 0.4) is 0 Å². The topological polar surface area (TPSA) is 26.3 Å². The second-order valence-electron chi connectivity index (χ2n) is 3.15. The van der Waals surface area contributed by atoms with Crippen LogP contribution in [0.15, 0.2) is 12.7 Å². The number of esters is 1. The van der Waals surface area contributed by atoms with Crippen molar-refractivity contribution < 1.29 is 9.53 Å². The summed E-state index contributed by atoms with van der Waals surface area (Å²) in [6.45, 7) is 7.50. The summed E-state index contributed by atoms with van der Waals surface area (Å²) < 4.78 is 5.20. The highest BCUT2D eigenvalue weighted by molar-refractivity contribution is 5.81. The van der Waals surface area contributed by atoms with Crippen LogP contribution in [0.25, 0.3) is 0 Å². The summed E-state index contributed by atoms with van der Waals surface area (Å²) in [6.07, 6.45) is 3.14. The Morgan fingerprint density at radius 2 is 2.45 bits per heavy atom. The molecule has 0 aromatic carbocycles. The molecule has 0 radical (unpaired) electrons. The molecular weight excluding hydrogens is 140 g/mol. The fourth-order valence-electron chi connectivity index (χ4n) is 1.41. The van der Waals surface area contributed by atoms with E-state index in [1.807, 2.05) is 6.92 Å². The van der Waals surface area contributed by atoms with E-state index in [1.165, 1.54) is 6.08 Å². The number of carbonyl (C=O) groups excluding carboxylic acids is 1. The van der Waals surface area contributed by atoms with Gasteiger partial charge in [-0.05, 0) is 18.8 Å². The van der Waals surface area contributed by atoms with Gasteiger partial charge in [-0.25, -0.2) is 4.79 Å². The molecule has 2 heteroatoms. The van der Waals surface area contributed by atoms with Gasteiger partial charge in [-0.1, -0.05) is 20.4 Å². The fourth-order valence-corrected chi connectivity index (χ4v) is 1.41. The molecule has 0 saturated heterocycles. The third-order valence-electron chi connectivity index (χ3n) is 2.46. The lowest BCUT2D eigenvalue weighted by Crippen LogP contribution is -2.19. The summed E-state index contributed by atoms with van der Waals surface area (Å²) in [4.78, 5) is 10.8. The van der Waals surface area contributed by atoms with Gasteiger partial charge in [-0.2, -0.15) is 0 Å². The lowest BCUT2D eigenvalue weighted by molar-refractivity contribution is -0.146. The van der Waals surface area contributed by atoms with E-state index >= 15 is 0 Å². The monoisotopic (exact) mass is 154 g/mol. The Kier molecular flexibility index (Phi) is 2.03. The molecule has 1 unspecified atom stereocenters. The van der Waals surface area contributed by atoms with Gasteiger partial charge in [0.25, 0.3) is 0 Å². The molecule has 0 spiro atoms. The number of ether oxygens (including phenoxy) is 1. The minimum absolute atomic E-state index is 0.148. The molecule has 0 heterocycles. The molecule has 62 valence electrons. The molecule has 0 aromatic heterocycles. The Bertz CT molecular complexity index is 182. The molecule has 11 heavy (non-hydrogen) atoms. The molecule has 0 aromatic rings. The Balaban J connectivity index is 2.47. The van der Waals surface area contributed by atoms with Crippen molar-refractivity contribution in [3.05, 3.63) is 12.7 Å². The third-order valence-corrected chi connectivity index (χ3v) is 2.46. The van der Waals surface area contributed by atoms with E-state index in [9.17, 15) is 4.79 Å². The summed E-state index contributed by atoms with van der Waals surface area (Å²) in [5.41, 5.74) is -0.148. The normalized spacial score (nSPS) is 34.5. The first-order valence-electron chi connectivity index (χ1n) is 4.00. The average molecular weight is 154 g/mol. The lowest BCUT2D eigenvalue weighted by atomic mass is 10.2. The van der Waals surface area contributed by atoms with Gasteiger partial charge in [-0.15, -0.1) is 0 Å². The highest BCUT2D eigenvalue weighted by Gasteiger charge is 2.53. The van der Waals surface area contributed by atoms with E-state index < -0.39 is 0 Å². The Morgan fingerprint density at radius 3 is 2.73 bits per heavy atom. The Labute approximate surface area is 67.2 Å². The van der Waals surface area contributed by atoms with Crippen LogP contribution in [0.4, 0.5) is 0 Å². The molecule has 1 aliphatic rings. The van der Waals surface area contributed by atoms with Crippen molar-refractivity contribution in [3.63, 3.8) is 0 Å². The summed E-state index contributed by atoms with van der Waals surface area (Å²) in [5.74, 6) is 0.229. The van der Waals surface area contributed by atoms with Crippen LogP contribution < -0.4 is 0 Å². The van der Waals surface area contributed by atoms with Crippen LogP contribution in [-0.4, -0.2) is 11.6 Å². The zero-order valence-electron chi connectivity index (χ0n) is 7.09. The number of hydrogen-bond donors (Lipinski definition) is 0. The molecule has 1 rings (SSSR count). The quantitative estimate of drug-likeness (QED) is 0.458. The summed E-state index contributed by atoms with van der Waals surface area (Å²) in [6, 6.07) is 0. The van der Waals surface area contributed by atoms with Gasteiger partial charge in [0.05, 0.1) is 0 Å². The van der Waals surface area contributed by atoms with E-state index in [2.05, 4.69) is 13.5 Å². The zero-order valence-corrected chi connectivity index (χ0v) is 7.09. The molecule has 1 aliphatic carbocycles. The summed E-state index contributed by atoms with van der Waals surface area (Å²) in [5, 5.41) is 0. The van der Waals surface area contributed by atoms with Gasteiger partial charge < -0.3 is 4.74 Å². The van der Waals surface area contributed by atoms with Crippen molar-refractivity contribution in [2.45, 2.75) is 32.3 Å². The van der Waals surface area contributed by atoms with Gasteiger partial charge in [0.2, 0.25) is 0 Å². The van der Waals surface area contributed by atoms with Crippen LogP contribution in [-0.2, 0) is 9.53 Å². The Morgan fingerprint density at radius 1 is 1.91 bits per heavy atom. The maximum absolute atomic E-state index is 10.8. The number of hydrogen-bond acceptors (Lipinski definition) is 2. The van der Waals surface area contributed by atoms with E-state index in [4.69, 9.17) is 4.74 Å². The van der Waals surface area contributed by atoms with E-state index in [-0.39, 0.29) is 11.6 Å². The second kappa shape index (κ2) is 2.68. The molecule has 0 N–H and O–H groups in total. The first-order valence-corrected chi connectivity index (χ1v) is 4.00. The standard InChI is InChI=1S/C9H14O2/c1-4-8(10)11-9(5-2)6-7(9)3/h4,7H,1,5-6H2,2-3H3/t7?,9-/m0/s1. The van der Waals surface area contributed by atoms with Crippen molar-refractivity contribution in [2.24, 2.45) is 5.92 Å². The molecule has 1 saturated carbocycles. The molecule has 2 nitrogen and oxygen atoms in total. The van der Waals surface area contributed by atoms with E-state index in [0.717, 1.165) is 12.8 Å². The summed E-state index contributed by atoms with van der Waals surface area (Å²) >= 11 is 0. The largest absolute Gasteiger partial charge is 0.456 e. The Hall–Kier alpha value is -0.790. The van der Waals surface area contributed by atoms with Crippen molar-refractivity contribution in [1.29, 1.82) is 0 Å². The second-order valence-corrected chi connectivity index (χ2v) is 3.15. The minimum atomic E-state index is -0.295. The van der Waals surface area contributed by atoms with Gasteiger partial charge in [0.15, 0.2) is 0 Å². The van der Waals surface area contributed by atoms with Gasteiger partial charge in [-0.3, -0.25) is 0 Å². The lowest BCUT2D eigenvalue weighted by Gasteiger charge is -2.13. The van der Waals surface area contributed by atoms with Crippen LogP contribution >= 0.6 is 0 Å². The summed E-state index contributed by atoms with van der Waals surface area (Å²) in [7, 11) is 0. The zero-order chi connectivity index (χ0) is 8.48. The van der Waals surface area contributed by atoms with Crippen LogP contribution in [0.2, 0.25) is 0 Å². The molecule has 1 fully saturated rings. The smallest absolute Gasteiger partial charge is 0.330 e. The average Bonchev–Trinajstić information content (AvgIpc) is 2.62. The molecule has 0 bridgehead atoms. The van der Waals surface area contributed by atoms with Crippen LogP contribution in [0.5, 0.6) is 0 Å². The van der Waals surface area contributed by atoms with Gasteiger partial charge in [0, 0.05) is 6.08 Å². The van der Waals surface area contributed by atoms with Crippen molar-refractivity contribution >= 4 is 5.97 Å². The molecule has 0 aliphatic heterocycles. The number of rotatable bonds is 3. The van der Waals surface area contributed by atoms with E-state index in [1.54, 1.807) is 0 Å². The predicted molar refractivity (Wildman–Crippen MR) is 43.1 cm³/mol. The minimum Gasteiger partial charge on any atom is -0.456 e. The number of carbonyl (C=O) groups is 1. The highest BCUT2D eigenvalue weighted by atomic mass is 16.6. The first kappa shape index (κ1) is 8.31. The van der Waals surface area contributed by atoms with Crippen LogP contribution in [0.1, 0.15) is 26.7 Å². The van der Waals surface area contributed by atoms with Crippen molar-refractivity contribution in [1.82, 2.24) is 0 Å². The van der Waals surface area contributed by atoms with E-state index in [0.29, 0.717) is 5.92 Å². The maximum Gasteiger partial charge on any atom is 0.330 e. The molecule has 2 atom stereocenters. The first-order chi connectivity index (χ1) is 5.14. The maximum atomic E-state index is 10.8. The van der Waals surface area contributed by atoms with Crippen molar-refractivity contribution in [3.8, 4) is 0 Å². The molecule has 0 amide bonds. The SMILES string of the molecule is C=CC(=O)O[C@@]1(CC)CC1C. The van der Waals surface area contributed by atoms with Gasteiger partial charge >= 0.3 is 5.97 Å². The highest BCUT2D eigenvalue weighted by Crippen LogP contribution is 2.49. The fraction of sp³-hybridized carbons (Fsp3) is 0.667. The predicted octanol–water partition coefficient (Wildman–Crippen LogP) is 1.90.